The molecule has 1 aliphatic rings. The second-order valence-electron chi connectivity index (χ2n) is 6.40. The van der Waals surface area contributed by atoms with Gasteiger partial charge in [-0.1, -0.05) is 18.2 Å². The van der Waals surface area contributed by atoms with Crippen LogP contribution in [-0.4, -0.2) is 36.1 Å². The Kier molecular flexibility index (Phi) is 4.73. The largest absolute Gasteiger partial charge is 0.467 e. The van der Waals surface area contributed by atoms with Crippen molar-refractivity contribution in [2.45, 2.75) is 13.5 Å². The van der Waals surface area contributed by atoms with E-state index in [2.05, 4.69) is 55.4 Å². The van der Waals surface area contributed by atoms with Crippen molar-refractivity contribution in [3.8, 4) is 0 Å². The molecule has 6 heteroatoms. The van der Waals surface area contributed by atoms with Crippen molar-refractivity contribution < 1.29 is 4.42 Å². The van der Waals surface area contributed by atoms with Gasteiger partial charge in [0.15, 0.2) is 0 Å². The van der Waals surface area contributed by atoms with Crippen molar-refractivity contribution >= 4 is 17.3 Å². The summed E-state index contributed by atoms with van der Waals surface area (Å²) in [5, 5.41) is 3.32. The van der Waals surface area contributed by atoms with Gasteiger partial charge in [0.25, 0.3) is 0 Å². The summed E-state index contributed by atoms with van der Waals surface area (Å²) in [6.45, 7) is 6.42. The maximum absolute atomic E-state index is 5.36. The molecule has 0 bridgehead atoms. The maximum atomic E-state index is 5.36. The van der Waals surface area contributed by atoms with Crippen molar-refractivity contribution in [1.29, 1.82) is 0 Å². The van der Waals surface area contributed by atoms with E-state index in [0.29, 0.717) is 6.54 Å². The van der Waals surface area contributed by atoms with Crippen molar-refractivity contribution in [1.82, 2.24) is 9.97 Å². The lowest BCUT2D eigenvalue weighted by molar-refractivity contribution is 0.517. The van der Waals surface area contributed by atoms with E-state index in [4.69, 9.17) is 4.42 Å². The third-order valence-corrected chi connectivity index (χ3v) is 4.57. The number of nitrogens with zero attached hydrogens (tertiary/aromatic N) is 4. The van der Waals surface area contributed by atoms with Gasteiger partial charge in [-0.05, 0) is 31.2 Å². The highest BCUT2D eigenvalue weighted by Crippen LogP contribution is 2.21. The number of nitrogens with one attached hydrogen (secondary N) is 1. The maximum Gasteiger partial charge on any atom is 0.134 e. The van der Waals surface area contributed by atoms with E-state index in [1.807, 2.05) is 25.1 Å². The van der Waals surface area contributed by atoms with Gasteiger partial charge in [0.1, 0.15) is 23.2 Å². The summed E-state index contributed by atoms with van der Waals surface area (Å²) in [6, 6.07) is 16.4. The summed E-state index contributed by atoms with van der Waals surface area (Å²) in [5.74, 6) is 3.47. The predicted molar refractivity (Wildman–Crippen MR) is 104 cm³/mol. The minimum absolute atomic E-state index is 0.616. The van der Waals surface area contributed by atoms with Crippen LogP contribution < -0.4 is 15.1 Å². The fraction of sp³-hybridized carbons (Fsp3) is 0.300. The van der Waals surface area contributed by atoms with Crippen LogP contribution in [0.15, 0.2) is 59.2 Å². The van der Waals surface area contributed by atoms with Gasteiger partial charge in [-0.25, -0.2) is 9.97 Å². The number of para-hydroxylation sites is 1. The van der Waals surface area contributed by atoms with Crippen molar-refractivity contribution in [2.75, 3.05) is 41.3 Å². The molecule has 134 valence electrons. The Morgan fingerprint density at radius 3 is 2.46 bits per heavy atom. The Bertz CT molecular complexity index is 827. The number of hydrogen-bond acceptors (Lipinski definition) is 6. The zero-order chi connectivity index (χ0) is 17.8. The summed E-state index contributed by atoms with van der Waals surface area (Å²) < 4.78 is 5.36. The summed E-state index contributed by atoms with van der Waals surface area (Å²) in [4.78, 5) is 13.9. The monoisotopic (exact) mass is 349 g/mol. The highest BCUT2D eigenvalue weighted by atomic mass is 16.3. The minimum Gasteiger partial charge on any atom is -0.467 e. The van der Waals surface area contributed by atoms with Crippen LogP contribution in [0.2, 0.25) is 0 Å². The van der Waals surface area contributed by atoms with Crippen LogP contribution in [0.5, 0.6) is 0 Å². The Hall–Kier alpha value is -3.02. The molecule has 0 aliphatic carbocycles. The number of aromatic nitrogens is 2. The van der Waals surface area contributed by atoms with E-state index < -0.39 is 0 Å². The van der Waals surface area contributed by atoms with Crippen LogP contribution in [0.25, 0.3) is 0 Å². The van der Waals surface area contributed by atoms with Gasteiger partial charge in [-0.3, -0.25) is 0 Å². The van der Waals surface area contributed by atoms with Crippen molar-refractivity contribution in [3.05, 3.63) is 66.4 Å². The Labute approximate surface area is 153 Å². The fourth-order valence-electron chi connectivity index (χ4n) is 3.23. The SMILES string of the molecule is Cc1nc(NCc2ccco2)cc(N2CCN(c3ccccc3)CC2)n1. The molecule has 0 amide bonds. The van der Waals surface area contributed by atoms with Crippen LogP contribution in [0.3, 0.4) is 0 Å². The fourth-order valence-corrected chi connectivity index (χ4v) is 3.23. The van der Waals surface area contributed by atoms with E-state index in [-0.39, 0.29) is 0 Å². The molecule has 1 fully saturated rings. The first-order valence-corrected chi connectivity index (χ1v) is 8.95. The summed E-state index contributed by atoms with van der Waals surface area (Å²) in [5.41, 5.74) is 1.28. The topological polar surface area (TPSA) is 57.4 Å². The summed E-state index contributed by atoms with van der Waals surface area (Å²) in [6.07, 6.45) is 1.68. The normalized spacial score (nSPS) is 14.5. The van der Waals surface area contributed by atoms with Crippen LogP contribution in [0.1, 0.15) is 11.6 Å². The van der Waals surface area contributed by atoms with Crippen molar-refractivity contribution in [2.24, 2.45) is 0 Å². The number of piperazine rings is 1. The van der Waals surface area contributed by atoms with E-state index in [1.54, 1.807) is 6.26 Å². The molecule has 3 heterocycles. The van der Waals surface area contributed by atoms with E-state index in [1.165, 1.54) is 5.69 Å². The van der Waals surface area contributed by atoms with Gasteiger partial charge < -0.3 is 19.5 Å². The molecule has 0 radical (unpaired) electrons. The third-order valence-electron chi connectivity index (χ3n) is 4.57. The molecule has 0 saturated carbocycles. The molecule has 26 heavy (non-hydrogen) atoms. The molecule has 0 spiro atoms. The van der Waals surface area contributed by atoms with Gasteiger partial charge in [0.2, 0.25) is 0 Å². The molecular weight excluding hydrogens is 326 g/mol. The lowest BCUT2D eigenvalue weighted by atomic mass is 10.2. The van der Waals surface area contributed by atoms with Crippen molar-refractivity contribution in [3.63, 3.8) is 0 Å². The van der Waals surface area contributed by atoms with Gasteiger partial charge in [-0.2, -0.15) is 0 Å². The molecule has 1 aliphatic heterocycles. The molecule has 2 aromatic heterocycles. The summed E-state index contributed by atoms with van der Waals surface area (Å²) in [7, 11) is 0. The van der Waals surface area contributed by atoms with Gasteiger partial charge in [-0.15, -0.1) is 0 Å². The molecule has 1 saturated heterocycles. The standard InChI is InChI=1S/C20H23N5O/c1-16-22-19(21-15-18-8-5-13-26-18)14-20(23-16)25-11-9-24(10-12-25)17-6-3-2-4-7-17/h2-8,13-14H,9-12,15H2,1H3,(H,21,22,23). The average molecular weight is 349 g/mol. The number of hydrogen-bond donors (Lipinski definition) is 1. The zero-order valence-electron chi connectivity index (χ0n) is 14.9. The number of furan rings is 1. The first kappa shape index (κ1) is 16.4. The van der Waals surface area contributed by atoms with Crippen LogP contribution >= 0.6 is 0 Å². The van der Waals surface area contributed by atoms with Crippen LogP contribution in [0, 0.1) is 6.92 Å². The lowest BCUT2D eigenvalue weighted by Gasteiger charge is -2.36. The smallest absolute Gasteiger partial charge is 0.134 e. The van der Waals surface area contributed by atoms with Crippen LogP contribution in [-0.2, 0) is 6.54 Å². The van der Waals surface area contributed by atoms with Gasteiger partial charge >= 0.3 is 0 Å². The second-order valence-corrected chi connectivity index (χ2v) is 6.40. The number of rotatable bonds is 5. The quantitative estimate of drug-likeness (QED) is 0.763. The molecule has 4 rings (SSSR count). The first-order valence-electron chi connectivity index (χ1n) is 8.95. The molecule has 0 atom stereocenters. The predicted octanol–water partition coefficient (Wildman–Crippen LogP) is 3.32. The minimum atomic E-state index is 0.616. The molecule has 6 nitrogen and oxygen atoms in total. The third kappa shape index (κ3) is 3.79. The molecule has 1 N–H and O–H groups in total. The first-order chi connectivity index (χ1) is 12.8. The zero-order valence-corrected chi connectivity index (χ0v) is 14.9. The van der Waals surface area contributed by atoms with Gasteiger partial charge in [0, 0.05) is 37.9 Å². The number of benzene rings is 1. The van der Waals surface area contributed by atoms with E-state index in [9.17, 15) is 0 Å². The van der Waals surface area contributed by atoms with Crippen LogP contribution in [0.4, 0.5) is 17.3 Å². The number of anilines is 3. The number of aryl methyl sites for hydroxylation is 1. The molecule has 1 aromatic carbocycles. The Morgan fingerprint density at radius 1 is 0.962 bits per heavy atom. The van der Waals surface area contributed by atoms with Gasteiger partial charge in [0.05, 0.1) is 12.8 Å². The highest BCUT2D eigenvalue weighted by Gasteiger charge is 2.19. The molecule has 3 aromatic rings. The Morgan fingerprint density at radius 2 is 1.73 bits per heavy atom. The lowest BCUT2D eigenvalue weighted by Crippen LogP contribution is -2.46. The summed E-state index contributed by atoms with van der Waals surface area (Å²) >= 11 is 0. The highest BCUT2D eigenvalue weighted by molar-refractivity contribution is 5.52. The Balaban J connectivity index is 1.41. The molecule has 0 unspecified atom stereocenters. The van der Waals surface area contributed by atoms with E-state index in [0.717, 1.165) is 49.4 Å². The molecular formula is C20H23N5O. The van der Waals surface area contributed by atoms with E-state index >= 15 is 0 Å². The average Bonchev–Trinajstić information content (AvgIpc) is 3.20. The second kappa shape index (κ2) is 7.47.